The number of hydrogen-bond acceptors (Lipinski definition) is 5. The highest BCUT2D eigenvalue weighted by Gasteiger charge is 2.23. The van der Waals surface area contributed by atoms with Gasteiger partial charge in [-0.1, -0.05) is 13.0 Å². The first kappa shape index (κ1) is 17.7. The van der Waals surface area contributed by atoms with E-state index in [1.165, 1.54) is 18.4 Å². The number of nitrogens with one attached hydrogen (secondary N) is 1. The molecule has 3 aromatic rings. The van der Waals surface area contributed by atoms with Crippen molar-refractivity contribution in [1.29, 1.82) is 0 Å². The van der Waals surface area contributed by atoms with E-state index in [9.17, 15) is 8.42 Å². The van der Waals surface area contributed by atoms with Gasteiger partial charge in [0.15, 0.2) is 9.84 Å². The number of rotatable bonds is 6. The number of aryl methyl sites for hydroxylation is 1. The molecule has 4 rings (SSSR count). The summed E-state index contributed by atoms with van der Waals surface area (Å²) in [5.41, 5.74) is 3.49. The molecule has 6 nitrogen and oxygen atoms in total. The second-order valence-corrected chi connectivity index (χ2v) is 9.19. The molecule has 27 heavy (non-hydrogen) atoms. The fraction of sp³-hybridized carbons (Fsp3) is 0.300. The molecule has 1 fully saturated rings. The predicted molar refractivity (Wildman–Crippen MR) is 106 cm³/mol. The van der Waals surface area contributed by atoms with Gasteiger partial charge in [0.25, 0.3) is 0 Å². The zero-order valence-corrected chi connectivity index (χ0v) is 16.2. The Morgan fingerprint density at radius 3 is 2.59 bits per heavy atom. The number of sulfone groups is 1. The molecule has 1 aromatic carbocycles. The van der Waals surface area contributed by atoms with Gasteiger partial charge < -0.3 is 9.88 Å². The molecule has 0 amide bonds. The van der Waals surface area contributed by atoms with E-state index in [0.717, 1.165) is 17.1 Å². The van der Waals surface area contributed by atoms with Crippen LogP contribution >= 0.6 is 0 Å². The molecule has 0 unspecified atom stereocenters. The second kappa shape index (κ2) is 6.81. The smallest absolute Gasteiger partial charge is 0.178 e. The normalized spacial score (nSPS) is 14.3. The first-order valence-corrected chi connectivity index (χ1v) is 10.7. The fourth-order valence-corrected chi connectivity index (χ4v) is 3.94. The average molecular weight is 382 g/mol. The third-order valence-electron chi connectivity index (χ3n) is 4.81. The summed E-state index contributed by atoms with van der Waals surface area (Å²) in [6.07, 6.45) is 7.96. The zero-order chi connectivity index (χ0) is 19.0. The molecule has 1 N–H and O–H groups in total. The molecule has 140 valence electrons. The summed E-state index contributed by atoms with van der Waals surface area (Å²) in [5.74, 6) is 1.45. The molecule has 0 aliphatic heterocycles. The first-order chi connectivity index (χ1) is 13.0. The lowest BCUT2D eigenvalue weighted by Crippen LogP contribution is -2.05. The van der Waals surface area contributed by atoms with Crippen molar-refractivity contribution in [3.8, 4) is 11.3 Å². The van der Waals surface area contributed by atoms with Crippen LogP contribution in [-0.4, -0.2) is 28.7 Å². The van der Waals surface area contributed by atoms with Crippen molar-refractivity contribution in [2.24, 2.45) is 7.05 Å². The van der Waals surface area contributed by atoms with E-state index in [1.54, 1.807) is 31.5 Å². The van der Waals surface area contributed by atoms with Crippen LogP contribution in [-0.2, 0) is 16.9 Å². The van der Waals surface area contributed by atoms with Gasteiger partial charge >= 0.3 is 0 Å². The monoisotopic (exact) mass is 382 g/mol. The van der Waals surface area contributed by atoms with Crippen molar-refractivity contribution >= 4 is 21.3 Å². The molecule has 2 aromatic heterocycles. The molecule has 1 aliphatic rings. The number of nitrogens with zero attached hydrogens (tertiary/aromatic N) is 3. The maximum Gasteiger partial charge on any atom is 0.178 e. The van der Waals surface area contributed by atoms with Gasteiger partial charge in [0.1, 0.15) is 5.82 Å². The Balaban J connectivity index is 1.72. The number of aromatic nitrogens is 3. The lowest BCUT2D eigenvalue weighted by Gasteiger charge is -2.13. The van der Waals surface area contributed by atoms with Crippen LogP contribution < -0.4 is 5.32 Å². The van der Waals surface area contributed by atoms with Crippen LogP contribution in [0.1, 0.15) is 31.2 Å². The van der Waals surface area contributed by atoms with Gasteiger partial charge in [-0.05, 0) is 48.6 Å². The van der Waals surface area contributed by atoms with Gasteiger partial charge in [0.05, 0.1) is 22.7 Å². The summed E-state index contributed by atoms with van der Waals surface area (Å²) in [7, 11) is -1.41. The lowest BCUT2D eigenvalue weighted by atomic mass is 10.1. The maximum absolute atomic E-state index is 12.3. The Kier molecular flexibility index (Phi) is 4.47. The minimum absolute atomic E-state index is 0.0611. The highest BCUT2D eigenvalue weighted by Crippen LogP contribution is 2.40. The fourth-order valence-electron chi connectivity index (χ4n) is 3.03. The summed E-state index contributed by atoms with van der Waals surface area (Å²) in [6.45, 7) is 1.65. The molecule has 0 bridgehead atoms. The van der Waals surface area contributed by atoms with Gasteiger partial charge in [-0.2, -0.15) is 0 Å². The van der Waals surface area contributed by atoms with E-state index >= 15 is 0 Å². The lowest BCUT2D eigenvalue weighted by molar-refractivity contribution is 0.597. The number of imidazole rings is 1. The van der Waals surface area contributed by atoms with Crippen LogP contribution in [0, 0.1) is 0 Å². The SMILES string of the molecule is CCS(=O)(=O)c1ccc(Nc2ccc(C3CC3)cn2)c(-c2cn(C)cn2)c1. The molecular formula is C20H22N4O2S. The van der Waals surface area contributed by atoms with Gasteiger partial charge in [0, 0.05) is 30.7 Å². The minimum atomic E-state index is -3.30. The van der Waals surface area contributed by atoms with Crippen LogP contribution in [0.25, 0.3) is 11.3 Å². The third-order valence-corrected chi connectivity index (χ3v) is 6.54. The summed E-state index contributed by atoms with van der Waals surface area (Å²) >= 11 is 0. The second-order valence-electron chi connectivity index (χ2n) is 6.91. The molecule has 1 saturated carbocycles. The molecular weight excluding hydrogens is 360 g/mol. The Bertz CT molecular complexity index is 1070. The van der Waals surface area contributed by atoms with E-state index in [0.29, 0.717) is 16.5 Å². The summed E-state index contributed by atoms with van der Waals surface area (Å²) in [5, 5.41) is 3.31. The van der Waals surface area contributed by atoms with Crippen molar-refractivity contribution < 1.29 is 8.42 Å². The minimum Gasteiger partial charge on any atom is -0.340 e. The van der Waals surface area contributed by atoms with Crippen molar-refractivity contribution in [1.82, 2.24) is 14.5 Å². The Labute approximate surface area is 159 Å². The molecule has 1 aliphatic carbocycles. The number of anilines is 2. The topological polar surface area (TPSA) is 76.9 Å². The van der Waals surface area contributed by atoms with Crippen LogP contribution in [0.3, 0.4) is 0 Å². The molecule has 0 radical (unpaired) electrons. The Morgan fingerprint density at radius 2 is 2.00 bits per heavy atom. The standard InChI is InChI=1S/C20H22N4O2S/c1-3-27(25,26)16-7-8-18(17(10-16)19-12-24(2)13-22-19)23-20-9-6-15(11-21-20)14-4-5-14/h6-14H,3-5H2,1-2H3,(H,21,23). The van der Waals surface area contributed by atoms with Crippen LogP contribution in [0.5, 0.6) is 0 Å². The first-order valence-electron chi connectivity index (χ1n) is 9.04. The molecule has 7 heteroatoms. The van der Waals surface area contributed by atoms with Gasteiger partial charge in [-0.3, -0.25) is 0 Å². The predicted octanol–water partition coefficient (Wildman–Crippen LogP) is 3.90. The Morgan fingerprint density at radius 1 is 1.19 bits per heavy atom. The van der Waals surface area contributed by atoms with Crippen molar-refractivity contribution in [3.63, 3.8) is 0 Å². The van der Waals surface area contributed by atoms with Crippen molar-refractivity contribution in [2.45, 2.75) is 30.6 Å². The zero-order valence-electron chi connectivity index (χ0n) is 15.4. The van der Waals surface area contributed by atoms with Gasteiger partial charge in [0.2, 0.25) is 0 Å². The molecule has 0 atom stereocenters. The van der Waals surface area contributed by atoms with Crippen LogP contribution in [0.2, 0.25) is 0 Å². The van der Waals surface area contributed by atoms with E-state index in [-0.39, 0.29) is 5.75 Å². The van der Waals surface area contributed by atoms with Crippen molar-refractivity contribution in [2.75, 3.05) is 11.1 Å². The highest BCUT2D eigenvalue weighted by molar-refractivity contribution is 7.91. The number of benzene rings is 1. The summed E-state index contributed by atoms with van der Waals surface area (Å²) in [6, 6.07) is 9.16. The maximum atomic E-state index is 12.3. The van der Waals surface area contributed by atoms with E-state index in [2.05, 4.69) is 21.4 Å². The van der Waals surface area contributed by atoms with E-state index in [4.69, 9.17) is 0 Å². The quantitative estimate of drug-likeness (QED) is 0.700. The van der Waals surface area contributed by atoms with Crippen LogP contribution in [0.4, 0.5) is 11.5 Å². The molecule has 0 saturated heterocycles. The summed E-state index contributed by atoms with van der Waals surface area (Å²) in [4.78, 5) is 9.20. The summed E-state index contributed by atoms with van der Waals surface area (Å²) < 4.78 is 26.5. The third kappa shape index (κ3) is 3.73. The van der Waals surface area contributed by atoms with E-state index < -0.39 is 9.84 Å². The Hall–Kier alpha value is -2.67. The average Bonchev–Trinajstić information content (AvgIpc) is 3.43. The number of pyridine rings is 1. The van der Waals surface area contributed by atoms with Gasteiger partial charge in [-0.25, -0.2) is 18.4 Å². The highest BCUT2D eigenvalue weighted by atomic mass is 32.2. The largest absolute Gasteiger partial charge is 0.340 e. The van der Waals surface area contributed by atoms with Crippen LogP contribution in [0.15, 0.2) is 53.9 Å². The molecule has 2 heterocycles. The van der Waals surface area contributed by atoms with Crippen molar-refractivity contribution in [3.05, 3.63) is 54.6 Å². The van der Waals surface area contributed by atoms with Gasteiger partial charge in [-0.15, -0.1) is 0 Å². The molecule has 0 spiro atoms. The van der Waals surface area contributed by atoms with E-state index in [1.807, 2.05) is 30.1 Å². The number of hydrogen-bond donors (Lipinski definition) is 1.